The van der Waals surface area contributed by atoms with Crippen LogP contribution in [-0.4, -0.2) is 27.6 Å². The number of hydrogen-bond donors (Lipinski definition) is 2. The molecule has 0 aromatic carbocycles. The highest BCUT2D eigenvalue weighted by molar-refractivity contribution is 5.91. The maximum Gasteiger partial charge on any atom is 0.356 e. The number of hydrogen-bond acceptors (Lipinski definition) is 4. The highest BCUT2D eigenvalue weighted by Gasteiger charge is 2.29. The highest BCUT2D eigenvalue weighted by Crippen LogP contribution is 2.37. The Balaban J connectivity index is 2.16. The van der Waals surface area contributed by atoms with Crippen molar-refractivity contribution in [2.45, 2.75) is 52.4 Å². The molecule has 0 atom stereocenters. The molecule has 2 rings (SSSR count). The van der Waals surface area contributed by atoms with Gasteiger partial charge < -0.3 is 10.4 Å². The Hall–Kier alpha value is -1.65. The van der Waals surface area contributed by atoms with Gasteiger partial charge in [0.15, 0.2) is 5.69 Å². The van der Waals surface area contributed by atoms with Crippen molar-refractivity contribution in [3.63, 3.8) is 0 Å². The summed E-state index contributed by atoms with van der Waals surface area (Å²) in [6, 6.07) is 0. The second-order valence-electron chi connectivity index (χ2n) is 6.32. The van der Waals surface area contributed by atoms with E-state index in [1.54, 1.807) is 6.20 Å². The van der Waals surface area contributed by atoms with Crippen molar-refractivity contribution in [2.24, 2.45) is 5.41 Å². The number of carboxylic acid groups (broad SMARTS) is 1. The summed E-state index contributed by atoms with van der Waals surface area (Å²) in [6.45, 7) is 6.93. The minimum atomic E-state index is -1.01. The first-order valence-electron chi connectivity index (χ1n) is 7.25. The van der Waals surface area contributed by atoms with E-state index in [1.807, 2.05) is 13.8 Å². The zero-order valence-electron chi connectivity index (χ0n) is 12.4. The van der Waals surface area contributed by atoms with Gasteiger partial charge in [-0.05, 0) is 18.3 Å². The molecule has 110 valence electrons. The summed E-state index contributed by atoms with van der Waals surface area (Å²) in [7, 11) is 0. The Bertz CT molecular complexity index is 494. The number of aromatic carboxylic acids is 1. The van der Waals surface area contributed by atoms with Gasteiger partial charge in [0.2, 0.25) is 0 Å². The van der Waals surface area contributed by atoms with Gasteiger partial charge in [-0.1, -0.05) is 33.6 Å². The summed E-state index contributed by atoms with van der Waals surface area (Å²) >= 11 is 0. The predicted molar refractivity (Wildman–Crippen MR) is 78.1 cm³/mol. The van der Waals surface area contributed by atoms with Crippen LogP contribution in [0.15, 0.2) is 6.20 Å². The van der Waals surface area contributed by atoms with E-state index in [1.165, 1.54) is 25.7 Å². The molecule has 5 nitrogen and oxygen atoms in total. The van der Waals surface area contributed by atoms with Crippen LogP contribution in [0.25, 0.3) is 0 Å². The van der Waals surface area contributed by atoms with Gasteiger partial charge in [-0.2, -0.15) is 0 Å². The monoisotopic (exact) mass is 277 g/mol. The number of carbonyl (C=O) groups is 1. The molecule has 0 amide bonds. The predicted octanol–water partition coefficient (Wildman–Crippen LogP) is 3.29. The maximum atomic E-state index is 11.3. The average molecular weight is 277 g/mol. The number of aromatic nitrogens is 2. The molecule has 0 radical (unpaired) electrons. The fraction of sp³-hybridized carbons (Fsp3) is 0.667. The molecule has 0 aliphatic heterocycles. The zero-order valence-corrected chi connectivity index (χ0v) is 12.4. The van der Waals surface area contributed by atoms with Gasteiger partial charge in [0.1, 0.15) is 5.82 Å². The van der Waals surface area contributed by atoms with Gasteiger partial charge in [-0.3, -0.25) is 0 Å². The zero-order chi connectivity index (χ0) is 14.8. The van der Waals surface area contributed by atoms with E-state index in [9.17, 15) is 9.90 Å². The van der Waals surface area contributed by atoms with Crippen LogP contribution >= 0.6 is 0 Å². The highest BCUT2D eigenvalue weighted by atomic mass is 16.4. The lowest BCUT2D eigenvalue weighted by Gasteiger charge is -2.24. The lowest BCUT2D eigenvalue weighted by molar-refractivity contribution is 0.0691. The lowest BCUT2D eigenvalue weighted by Crippen LogP contribution is -2.24. The molecule has 1 aliphatic carbocycles. The second kappa shape index (κ2) is 5.77. The molecule has 0 unspecified atom stereocenters. The molecule has 1 aliphatic rings. The third kappa shape index (κ3) is 3.26. The van der Waals surface area contributed by atoms with Crippen LogP contribution in [0.5, 0.6) is 0 Å². The largest absolute Gasteiger partial charge is 0.476 e. The molecular formula is C15H23N3O2. The fourth-order valence-corrected chi connectivity index (χ4v) is 2.68. The van der Waals surface area contributed by atoms with Gasteiger partial charge >= 0.3 is 5.97 Å². The van der Waals surface area contributed by atoms with Crippen molar-refractivity contribution >= 4 is 11.7 Å². The van der Waals surface area contributed by atoms with Crippen LogP contribution in [0.1, 0.15) is 68.7 Å². The first-order valence-corrected chi connectivity index (χ1v) is 7.25. The number of carboxylic acids is 1. The van der Waals surface area contributed by atoms with E-state index < -0.39 is 5.97 Å². The van der Waals surface area contributed by atoms with Gasteiger partial charge in [0.05, 0.1) is 11.9 Å². The maximum absolute atomic E-state index is 11.3. The Morgan fingerprint density at radius 3 is 2.65 bits per heavy atom. The van der Waals surface area contributed by atoms with E-state index in [0.29, 0.717) is 11.5 Å². The van der Waals surface area contributed by atoms with Crippen molar-refractivity contribution in [3.05, 3.63) is 17.7 Å². The molecule has 5 heteroatoms. The molecule has 1 heterocycles. The van der Waals surface area contributed by atoms with Crippen LogP contribution in [0, 0.1) is 5.41 Å². The summed E-state index contributed by atoms with van der Waals surface area (Å²) in [5.74, 6) is -0.317. The number of nitrogens with one attached hydrogen (secondary N) is 1. The number of rotatable bonds is 5. The minimum absolute atomic E-state index is 0.0743. The first kappa shape index (κ1) is 14.8. The lowest BCUT2D eigenvalue weighted by atomic mass is 9.89. The summed E-state index contributed by atoms with van der Waals surface area (Å²) in [6.07, 6.45) is 6.49. The van der Waals surface area contributed by atoms with Crippen molar-refractivity contribution in [2.75, 3.05) is 11.9 Å². The normalized spacial score (nSPS) is 17.4. The van der Waals surface area contributed by atoms with Gasteiger partial charge in [-0.25, -0.2) is 14.8 Å². The molecular weight excluding hydrogens is 254 g/mol. The van der Waals surface area contributed by atoms with Crippen molar-refractivity contribution in [1.29, 1.82) is 0 Å². The van der Waals surface area contributed by atoms with E-state index in [-0.39, 0.29) is 17.0 Å². The van der Waals surface area contributed by atoms with Crippen LogP contribution in [0.3, 0.4) is 0 Å². The second-order valence-corrected chi connectivity index (χ2v) is 6.32. The summed E-state index contributed by atoms with van der Waals surface area (Å²) in [5.41, 5.74) is 0.854. The summed E-state index contributed by atoms with van der Waals surface area (Å²) in [5, 5.41) is 12.5. The van der Waals surface area contributed by atoms with Crippen molar-refractivity contribution in [1.82, 2.24) is 9.97 Å². The molecule has 20 heavy (non-hydrogen) atoms. The topological polar surface area (TPSA) is 75.1 Å². The van der Waals surface area contributed by atoms with E-state index in [4.69, 9.17) is 0 Å². The Morgan fingerprint density at radius 2 is 2.10 bits per heavy atom. The fourth-order valence-electron chi connectivity index (χ4n) is 2.68. The molecule has 1 saturated carbocycles. The third-order valence-corrected chi connectivity index (χ3v) is 4.04. The standard InChI is InChI=1S/C15H23N3O2/c1-10(2)13-16-8-11(12(18-13)14(19)20)17-9-15(3)6-4-5-7-15/h8,10,17H,4-7,9H2,1-3H3,(H,19,20). The van der Waals surface area contributed by atoms with Gasteiger partial charge in [0.25, 0.3) is 0 Å². The molecule has 0 bridgehead atoms. The summed E-state index contributed by atoms with van der Waals surface area (Å²) < 4.78 is 0. The Labute approximate surface area is 119 Å². The van der Waals surface area contributed by atoms with Gasteiger partial charge in [0, 0.05) is 12.5 Å². The smallest absolute Gasteiger partial charge is 0.356 e. The Kier molecular flexibility index (Phi) is 4.26. The minimum Gasteiger partial charge on any atom is -0.476 e. The van der Waals surface area contributed by atoms with E-state index >= 15 is 0 Å². The SMILES string of the molecule is CC(C)c1ncc(NCC2(C)CCCC2)c(C(=O)O)n1. The summed E-state index contributed by atoms with van der Waals surface area (Å²) in [4.78, 5) is 19.8. The Morgan fingerprint density at radius 1 is 1.45 bits per heavy atom. The molecule has 1 aromatic heterocycles. The third-order valence-electron chi connectivity index (χ3n) is 4.04. The van der Waals surface area contributed by atoms with Crippen LogP contribution in [0.4, 0.5) is 5.69 Å². The molecule has 2 N–H and O–H groups in total. The first-order chi connectivity index (χ1) is 9.41. The van der Waals surface area contributed by atoms with E-state index in [0.717, 1.165) is 6.54 Å². The van der Waals surface area contributed by atoms with Crippen LogP contribution < -0.4 is 5.32 Å². The quantitative estimate of drug-likeness (QED) is 0.863. The average Bonchev–Trinajstić information content (AvgIpc) is 2.83. The molecule has 1 aromatic rings. The van der Waals surface area contributed by atoms with Crippen LogP contribution in [0.2, 0.25) is 0 Å². The molecule has 0 saturated heterocycles. The van der Waals surface area contributed by atoms with E-state index in [2.05, 4.69) is 22.2 Å². The van der Waals surface area contributed by atoms with Crippen molar-refractivity contribution < 1.29 is 9.90 Å². The van der Waals surface area contributed by atoms with Crippen molar-refractivity contribution in [3.8, 4) is 0 Å². The number of anilines is 1. The van der Waals surface area contributed by atoms with Crippen LogP contribution in [-0.2, 0) is 0 Å². The number of nitrogens with zero attached hydrogens (tertiary/aromatic N) is 2. The molecule has 1 fully saturated rings. The molecule has 0 spiro atoms. The van der Waals surface area contributed by atoms with Gasteiger partial charge in [-0.15, -0.1) is 0 Å².